The second-order valence-electron chi connectivity index (χ2n) is 5.43. The fourth-order valence-electron chi connectivity index (χ4n) is 2.64. The number of sulfonamides is 1. The highest BCUT2D eigenvalue weighted by atomic mass is 32.2. The van der Waals surface area contributed by atoms with Crippen molar-refractivity contribution in [1.82, 2.24) is 19.5 Å². The first-order valence-electron chi connectivity index (χ1n) is 7.18. The summed E-state index contributed by atoms with van der Waals surface area (Å²) in [4.78, 5) is 3.82. The highest BCUT2D eigenvalue weighted by molar-refractivity contribution is 7.89. The van der Waals surface area contributed by atoms with Gasteiger partial charge in [0.1, 0.15) is 10.7 Å². The van der Waals surface area contributed by atoms with Gasteiger partial charge >= 0.3 is 0 Å². The van der Waals surface area contributed by atoms with E-state index in [4.69, 9.17) is 0 Å². The molecule has 6 nitrogen and oxygen atoms in total. The molecular weight excluding hydrogens is 307 g/mol. The zero-order valence-corrected chi connectivity index (χ0v) is 12.8. The van der Waals surface area contributed by atoms with Crippen LogP contribution >= 0.6 is 0 Å². The third-order valence-corrected chi connectivity index (χ3v) is 5.17. The van der Waals surface area contributed by atoms with Crippen LogP contribution in [0.25, 0.3) is 0 Å². The van der Waals surface area contributed by atoms with Crippen LogP contribution < -0.4 is 4.72 Å². The largest absolute Gasteiger partial charge is 0.268 e. The minimum Gasteiger partial charge on any atom is -0.268 e. The average molecular weight is 324 g/mol. The molecule has 1 N–H and O–H groups in total. The standard InChI is InChI=1S/C14H17FN4O2S/c15-12-5-11(6-16-8-12)7-18-22(20,21)14-9-17-19(10-14)13-3-1-2-4-13/h5-6,8-10,13,18H,1-4,7H2. The smallest absolute Gasteiger partial charge is 0.243 e. The summed E-state index contributed by atoms with van der Waals surface area (Å²) < 4.78 is 41.7. The van der Waals surface area contributed by atoms with E-state index >= 15 is 0 Å². The molecule has 0 amide bonds. The van der Waals surface area contributed by atoms with Crippen molar-refractivity contribution in [2.45, 2.75) is 43.2 Å². The Hall–Kier alpha value is -1.80. The summed E-state index contributed by atoms with van der Waals surface area (Å²) in [5, 5.41) is 4.16. The summed E-state index contributed by atoms with van der Waals surface area (Å²) >= 11 is 0. The van der Waals surface area contributed by atoms with E-state index in [2.05, 4.69) is 14.8 Å². The number of halogens is 1. The van der Waals surface area contributed by atoms with Gasteiger partial charge in [-0.05, 0) is 24.5 Å². The molecule has 0 radical (unpaired) electrons. The molecule has 0 saturated heterocycles. The van der Waals surface area contributed by atoms with Gasteiger partial charge in [0.25, 0.3) is 0 Å². The van der Waals surface area contributed by atoms with E-state index in [0.717, 1.165) is 31.9 Å². The molecule has 2 aromatic rings. The van der Waals surface area contributed by atoms with Crippen LogP contribution in [0.2, 0.25) is 0 Å². The quantitative estimate of drug-likeness (QED) is 0.913. The van der Waals surface area contributed by atoms with Crippen LogP contribution in [0.3, 0.4) is 0 Å². The van der Waals surface area contributed by atoms with Crippen LogP contribution in [0.5, 0.6) is 0 Å². The fraction of sp³-hybridized carbons (Fsp3) is 0.429. The van der Waals surface area contributed by atoms with E-state index in [0.29, 0.717) is 5.56 Å². The Morgan fingerprint density at radius 1 is 1.27 bits per heavy atom. The van der Waals surface area contributed by atoms with Gasteiger partial charge in [0, 0.05) is 18.9 Å². The Labute approximate surface area is 128 Å². The van der Waals surface area contributed by atoms with Gasteiger partial charge < -0.3 is 0 Å². The molecule has 0 bridgehead atoms. The van der Waals surface area contributed by atoms with E-state index < -0.39 is 15.8 Å². The van der Waals surface area contributed by atoms with Crippen LogP contribution in [-0.2, 0) is 16.6 Å². The second-order valence-corrected chi connectivity index (χ2v) is 7.20. The van der Waals surface area contributed by atoms with Gasteiger partial charge in [-0.25, -0.2) is 17.5 Å². The van der Waals surface area contributed by atoms with E-state index in [-0.39, 0.29) is 17.5 Å². The lowest BCUT2D eigenvalue weighted by atomic mass is 10.3. The van der Waals surface area contributed by atoms with E-state index in [9.17, 15) is 12.8 Å². The van der Waals surface area contributed by atoms with Crippen molar-refractivity contribution in [3.63, 3.8) is 0 Å². The van der Waals surface area contributed by atoms with Crippen molar-refractivity contribution in [3.05, 3.63) is 42.2 Å². The lowest BCUT2D eigenvalue weighted by Gasteiger charge is -2.08. The maximum Gasteiger partial charge on any atom is 0.243 e. The Morgan fingerprint density at radius 3 is 2.77 bits per heavy atom. The molecule has 2 aromatic heterocycles. The number of nitrogens with one attached hydrogen (secondary N) is 1. The van der Waals surface area contributed by atoms with Gasteiger partial charge in [0.05, 0.1) is 18.4 Å². The lowest BCUT2D eigenvalue weighted by molar-refractivity contribution is 0.466. The molecular formula is C14H17FN4O2S. The van der Waals surface area contributed by atoms with Gasteiger partial charge in [-0.2, -0.15) is 5.10 Å². The summed E-state index contributed by atoms with van der Waals surface area (Å²) in [5.74, 6) is -0.495. The Morgan fingerprint density at radius 2 is 2.05 bits per heavy atom. The zero-order valence-electron chi connectivity index (χ0n) is 11.9. The second kappa shape index (κ2) is 6.13. The van der Waals surface area contributed by atoms with Crippen molar-refractivity contribution in [2.75, 3.05) is 0 Å². The van der Waals surface area contributed by atoms with Gasteiger partial charge in [0.2, 0.25) is 10.0 Å². The molecule has 1 fully saturated rings. The zero-order chi connectivity index (χ0) is 15.6. The lowest BCUT2D eigenvalue weighted by Crippen LogP contribution is -2.23. The fourth-order valence-corrected chi connectivity index (χ4v) is 3.60. The van der Waals surface area contributed by atoms with Crippen LogP contribution in [0.4, 0.5) is 4.39 Å². The molecule has 1 aliphatic carbocycles. The predicted molar refractivity (Wildman–Crippen MR) is 78.0 cm³/mol. The summed E-state index contributed by atoms with van der Waals surface area (Å²) in [6.07, 6.45) is 9.77. The molecule has 0 spiro atoms. The summed E-state index contributed by atoms with van der Waals surface area (Å²) in [7, 11) is -3.66. The molecule has 0 aliphatic heterocycles. The number of hydrogen-bond acceptors (Lipinski definition) is 4. The predicted octanol–water partition coefficient (Wildman–Crippen LogP) is 2.01. The molecule has 118 valence electrons. The Balaban J connectivity index is 1.70. The normalized spacial score (nSPS) is 16.2. The molecule has 3 rings (SSSR count). The molecule has 22 heavy (non-hydrogen) atoms. The monoisotopic (exact) mass is 324 g/mol. The molecule has 8 heteroatoms. The minimum atomic E-state index is -3.66. The maximum absolute atomic E-state index is 13.0. The molecule has 0 unspecified atom stereocenters. The summed E-state index contributed by atoms with van der Waals surface area (Å²) in [5.41, 5.74) is 0.465. The van der Waals surface area contributed by atoms with Gasteiger partial charge in [-0.1, -0.05) is 12.8 Å². The maximum atomic E-state index is 13.0. The van der Waals surface area contributed by atoms with Gasteiger partial charge in [-0.3, -0.25) is 9.67 Å². The van der Waals surface area contributed by atoms with Crippen molar-refractivity contribution < 1.29 is 12.8 Å². The molecule has 2 heterocycles. The number of hydrogen-bond donors (Lipinski definition) is 1. The number of pyridine rings is 1. The highest BCUT2D eigenvalue weighted by Crippen LogP contribution is 2.29. The van der Waals surface area contributed by atoms with E-state index in [1.807, 2.05) is 0 Å². The third-order valence-electron chi connectivity index (χ3n) is 3.81. The summed E-state index contributed by atoms with van der Waals surface area (Å²) in [6.45, 7) is -0.0122. The topological polar surface area (TPSA) is 76.9 Å². The molecule has 0 atom stereocenters. The third kappa shape index (κ3) is 3.33. The van der Waals surface area contributed by atoms with Crippen LogP contribution in [0.1, 0.15) is 37.3 Å². The van der Waals surface area contributed by atoms with Crippen molar-refractivity contribution in [1.29, 1.82) is 0 Å². The first-order valence-corrected chi connectivity index (χ1v) is 8.66. The minimum absolute atomic E-state index is 0.0122. The Bertz CT molecular complexity index is 754. The van der Waals surface area contributed by atoms with Crippen LogP contribution in [0.15, 0.2) is 35.7 Å². The molecule has 1 aliphatic rings. The van der Waals surface area contributed by atoms with Crippen molar-refractivity contribution >= 4 is 10.0 Å². The van der Waals surface area contributed by atoms with Gasteiger partial charge in [0.15, 0.2) is 0 Å². The number of aromatic nitrogens is 3. The van der Waals surface area contributed by atoms with Gasteiger partial charge in [-0.15, -0.1) is 0 Å². The Kier molecular flexibility index (Phi) is 4.21. The average Bonchev–Trinajstić information content (AvgIpc) is 3.16. The van der Waals surface area contributed by atoms with Crippen molar-refractivity contribution in [2.24, 2.45) is 0 Å². The summed E-state index contributed by atoms with van der Waals surface area (Å²) in [6, 6.07) is 1.54. The van der Waals surface area contributed by atoms with Crippen molar-refractivity contribution in [3.8, 4) is 0 Å². The highest BCUT2D eigenvalue weighted by Gasteiger charge is 2.21. The number of nitrogens with zero attached hydrogens (tertiary/aromatic N) is 3. The number of rotatable bonds is 5. The van der Waals surface area contributed by atoms with E-state index in [1.54, 1.807) is 10.9 Å². The first-order chi connectivity index (χ1) is 10.5. The molecule has 0 aromatic carbocycles. The van der Waals surface area contributed by atoms with Crippen LogP contribution in [-0.4, -0.2) is 23.2 Å². The van der Waals surface area contributed by atoms with E-state index in [1.165, 1.54) is 18.5 Å². The van der Waals surface area contributed by atoms with Crippen LogP contribution in [0, 0.1) is 5.82 Å². The SMILES string of the molecule is O=S(=O)(NCc1cncc(F)c1)c1cnn(C2CCCC2)c1. The molecule has 1 saturated carbocycles. The first kappa shape index (κ1) is 15.1.